The number of methoxy groups -OCH3 is 1. The zero-order valence-corrected chi connectivity index (χ0v) is 9.73. The minimum Gasteiger partial charge on any atom is -0.376 e. The Labute approximate surface area is 81.8 Å². The first-order valence-electron chi connectivity index (χ1n) is 4.71. The molecule has 0 aromatic carbocycles. The Kier molecular flexibility index (Phi) is 4.89. The summed E-state index contributed by atoms with van der Waals surface area (Å²) in [5, 5.41) is 3.11. The molecule has 0 aromatic heterocycles. The second kappa shape index (κ2) is 4.94. The second-order valence-electron chi connectivity index (χ2n) is 4.40. The van der Waals surface area contributed by atoms with Crippen molar-refractivity contribution in [3.8, 4) is 0 Å². The first-order chi connectivity index (χ1) is 5.83. The fraction of sp³-hybridized carbons (Fsp3) is 1.00. The lowest BCUT2D eigenvalue weighted by molar-refractivity contribution is -0.0699. The van der Waals surface area contributed by atoms with Gasteiger partial charge in [0.05, 0.1) is 12.2 Å². The Hall–Kier alpha value is -0.120. The fourth-order valence-electron chi connectivity index (χ4n) is 0.881. The van der Waals surface area contributed by atoms with Crippen LogP contribution in [0.3, 0.4) is 0 Å². The summed E-state index contributed by atoms with van der Waals surface area (Å²) in [6.45, 7) is 8.87. The maximum Gasteiger partial charge on any atom is 0.117 e. The van der Waals surface area contributed by atoms with Crippen molar-refractivity contribution >= 4 is 0 Å². The summed E-state index contributed by atoms with van der Waals surface area (Å²) in [5.41, 5.74) is -0.340. The van der Waals surface area contributed by atoms with Crippen molar-refractivity contribution in [3.63, 3.8) is 0 Å². The lowest BCUT2D eigenvalue weighted by atomic mass is 10.1. The highest BCUT2D eigenvalue weighted by Crippen LogP contribution is 2.13. The number of rotatable bonds is 5. The van der Waals surface area contributed by atoms with Crippen LogP contribution < -0.4 is 5.32 Å². The van der Waals surface area contributed by atoms with Crippen LogP contribution in [0, 0.1) is 0 Å². The van der Waals surface area contributed by atoms with Gasteiger partial charge in [0, 0.05) is 13.5 Å². The van der Waals surface area contributed by atoms with Crippen LogP contribution in [0.5, 0.6) is 0 Å². The van der Waals surface area contributed by atoms with Gasteiger partial charge in [-0.1, -0.05) is 0 Å². The molecule has 80 valence electrons. The summed E-state index contributed by atoms with van der Waals surface area (Å²) in [5.74, 6) is 0. The van der Waals surface area contributed by atoms with E-state index in [1.165, 1.54) is 0 Å². The topological polar surface area (TPSA) is 30.5 Å². The van der Waals surface area contributed by atoms with Crippen LogP contribution in [0.25, 0.3) is 0 Å². The van der Waals surface area contributed by atoms with Crippen molar-refractivity contribution < 1.29 is 9.47 Å². The third-order valence-corrected chi connectivity index (χ3v) is 2.09. The monoisotopic (exact) mass is 189 g/mol. The summed E-state index contributed by atoms with van der Waals surface area (Å²) in [6, 6.07) is 0. The molecule has 0 saturated carbocycles. The van der Waals surface area contributed by atoms with Gasteiger partial charge in [0.1, 0.15) is 5.72 Å². The van der Waals surface area contributed by atoms with E-state index in [0.29, 0.717) is 6.61 Å². The number of ether oxygens (including phenoxy) is 2. The van der Waals surface area contributed by atoms with Gasteiger partial charge in [-0.05, 0) is 34.7 Å². The van der Waals surface area contributed by atoms with Crippen molar-refractivity contribution in [1.29, 1.82) is 0 Å². The van der Waals surface area contributed by atoms with E-state index in [9.17, 15) is 0 Å². The predicted octanol–water partition coefficient (Wildman–Crippen LogP) is 1.77. The van der Waals surface area contributed by atoms with E-state index in [4.69, 9.17) is 9.47 Å². The molecule has 3 nitrogen and oxygen atoms in total. The predicted molar refractivity (Wildman–Crippen MR) is 54.8 cm³/mol. The summed E-state index contributed by atoms with van der Waals surface area (Å²) in [4.78, 5) is 0. The van der Waals surface area contributed by atoms with Gasteiger partial charge in [-0.15, -0.1) is 0 Å². The van der Waals surface area contributed by atoms with E-state index in [1.54, 1.807) is 7.11 Å². The molecule has 0 aromatic rings. The molecule has 0 rings (SSSR count). The third kappa shape index (κ3) is 6.02. The summed E-state index contributed by atoms with van der Waals surface area (Å²) >= 11 is 0. The van der Waals surface area contributed by atoms with Gasteiger partial charge < -0.3 is 9.47 Å². The van der Waals surface area contributed by atoms with E-state index >= 15 is 0 Å². The molecule has 3 heteroatoms. The minimum absolute atomic E-state index is 0.0671. The quantitative estimate of drug-likeness (QED) is 0.669. The van der Waals surface area contributed by atoms with Gasteiger partial charge in [0.2, 0.25) is 0 Å². The highest BCUT2D eigenvalue weighted by Gasteiger charge is 2.21. The van der Waals surface area contributed by atoms with E-state index in [2.05, 4.69) is 26.1 Å². The van der Waals surface area contributed by atoms with Crippen LogP contribution in [0.1, 0.15) is 34.1 Å². The van der Waals surface area contributed by atoms with Crippen molar-refractivity contribution in [3.05, 3.63) is 0 Å². The van der Waals surface area contributed by atoms with Crippen LogP contribution in [-0.4, -0.2) is 32.1 Å². The lowest BCUT2D eigenvalue weighted by Crippen LogP contribution is -2.43. The summed E-state index contributed by atoms with van der Waals surface area (Å²) in [6.07, 6.45) is 0.845. The van der Waals surface area contributed by atoms with E-state index in [1.807, 2.05) is 14.0 Å². The number of hydrogen-bond donors (Lipinski definition) is 1. The second-order valence-corrected chi connectivity index (χ2v) is 4.40. The minimum atomic E-state index is -0.273. The van der Waals surface area contributed by atoms with Gasteiger partial charge in [-0.3, -0.25) is 5.32 Å². The molecule has 13 heavy (non-hydrogen) atoms. The van der Waals surface area contributed by atoms with Crippen molar-refractivity contribution in [2.75, 3.05) is 20.8 Å². The van der Waals surface area contributed by atoms with Gasteiger partial charge >= 0.3 is 0 Å². The molecule has 1 N–H and O–H groups in total. The Bertz CT molecular complexity index is 136. The van der Waals surface area contributed by atoms with E-state index in [0.717, 1.165) is 6.42 Å². The van der Waals surface area contributed by atoms with Crippen LogP contribution >= 0.6 is 0 Å². The van der Waals surface area contributed by atoms with E-state index < -0.39 is 0 Å². The van der Waals surface area contributed by atoms with Crippen molar-refractivity contribution in [2.24, 2.45) is 0 Å². The summed E-state index contributed by atoms with van der Waals surface area (Å²) < 4.78 is 10.9. The van der Waals surface area contributed by atoms with Gasteiger partial charge in [0.15, 0.2) is 0 Å². The Morgan fingerprint density at radius 2 is 1.69 bits per heavy atom. The normalized spacial score (nSPS) is 17.1. The lowest BCUT2D eigenvalue weighted by Gasteiger charge is -2.29. The zero-order valence-electron chi connectivity index (χ0n) is 9.73. The van der Waals surface area contributed by atoms with Gasteiger partial charge in [-0.25, -0.2) is 0 Å². The van der Waals surface area contributed by atoms with Crippen LogP contribution in [0.2, 0.25) is 0 Å². The Balaban J connectivity index is 3.74. The first-order valence-corrected chi connectivity index (χ1v) is 4.71. The Morgan fingerprint density at radius 1 is 1.15 bits per heavy atom. The Morgan fingerprint density at radius 3 is 2.00 bits per heavy atom. The fourth-order valence-corrected chi connectivity index (χ4v) is 0.881. The molecule has 0 aliphatic heterocycles. The zero-order chi connectivity index (χ0) is 10.5. The van der Waals surface area contributed by atoms with Gasteiger partial charge in [-0.2, -0.15) is 0 Å². The molecule has 1 atom stereocenters. The van der Waals surface area contributed by atoms with Crippen molar-refractivity contribution in [1.82, 2.24) is 5.32 Å². The highest BCUT2D eigenvalue weighted by molar-refractivity contribution is 4.70. The number of nitrogens with one attached hydrogen (secondary N) is 1. The first kappa shape index (κ1) is 12.9. The smallest absolute Gasteiger partial charge is 0.117 e. The summed E-state index contributed by atoms with van der Waals surface area (Å²) in [7, 11) is 3.59. The highest BCUT2D eigenvalue weighted by atomic mass is 16.5. The maximum atomic E-state index is 5.61. The molecular weight excluding hydrogens is 166 g/mol. The van der Waals surface area contributed by atoms with Gasteiger partial charge in [0.25, 0.3) is 0 Å². The molecule has 0 fully saturated rings. The van der Waals surface area contributed by atoms with Crippen LogP contribution in [-0.2, 0) is 9.47 Å². The molecule has 0 amide bonds. The van der Waals surface area contributed by atoms with Crippen LogP contribution in [0.15, 0.2) is 0 Å². The average Bonchev–Trinajstić information content (AvgIpc) is 2.02. The largest absolute Gasteiger partial charge is 0.376 e. The third-order valence-electron chi connectivity index (χ3n) is 2.09. The maximum absolute atomic E-state index is 5.61. The van der Waals surface area contributed by atoms with Crippen molar-refractivity contribution in [2.45, 2.75) is 45.4 Å². The molecule has 0 heterocycles. The molecule has 0 aliphatic carbocycles. The molecule has 0 bridgehead atoms. The molecule has 0 saturated heterocycles. The molecule has 1 unspecified atom stereocenters. The van der Waals surface area contributed by atoms with Crippen LogP contribution in [0.4, 0.5) is 0 Å². The average molecular weight is 189 g/mol. The molecular formula is C10H23NO2. The molecule has 0 radical (unpaired) electrons. The number of hydrogen-bond acceptors (Lipinski definition) is 3. The standard InChI is InChI=1S/C10H23NO2/c1-9(2,3)13-8-7-10(4,11-5)12-6/h11H,7-8H2,1-6H3. The van der Waals surface area contributed by atoms with E-state index in [-0.39, 0.29) is 11.3 Å². The molecule has 0 spiro atoms. The molecule has 0 aliphatic rings. The SMILES string of the molecule is CNC(C)(CCOC(C)(C)C)OC.